The lowest BCUT2D eigenvalue weighted by Crippen LogP contribution is -2.19. The Morgan fingerprint density at radius 2 is 2.27 bits per heavy atom. The number of ether oxygens (including phenoxy) is 1. The SMILES string of the molecule is CC(C)(C)OCc1ncc[nH]1. The van der Waals surface area contributed by atoms with Gasteiger partial charge in [-0.15, -0.1) is 0 Å². The van der Waals surface area contributed by atoms with Crippen LogP contribution in [0, 0.1) is 0 Å². The first-order valence-electron chi connectivity index (χ1n) is 3.70. The first-order chi connectivity index (χ1) is 5.08. The third kappa shape index (κ3) is 3.18. The van der Waals surface area contributed by atoms with Crippen LogP contribution in [0.5, 0.6) is 0 Å². The summed E-state index contributed by atoms with van der Waals surface area (Å²) in [4.78, 5) is 7.01. The maximum Gasteiger partial charge on any atom is 0.132 e. The second kappa shape index (κ2) is 3.05. The topological polar surface area (TPSA) is 37.9 Å². The molecule has 0 aliphatic rings. The number of rotatable bonds is 2. The van der Waals surface area contributed by atoms with E-state index in [1.807, 2.05) is 20.8 Å². The molecule has 3 heteroatoms. The molecule has 0 aliphatic carbocycles. The number of imidazole rings is 1. The standard InChI is InChI=1S/C8H14N2O/c1-8(2,3)11-6-7-9-4-5-10-7/h4-5H,6H2,1-3H3,(H,9,10). The maximum atomic E-state index is 5.48. The van der Waals surface area contributed by atoms with Crippen LogP contribution in [0.15, 0.2) is 12.4 Å². The summed E-state index contributed by atoms with van der Waals surface area (Å²) >= 11 is 0. The van der Waals surface area contributed by atoms with Gasteiger partial charge >= 0.3 is 0 Å². The molecule has 62 valence electrons. The zero-order chi connectivity index (χ0) is 8.32. The quantitative estimate of drug-likeness (QED) is 0.704. The molecule has 11 heavy (non-hydrogen) atoms. The average molecular weight is 154 g/mol. The van der Waals surface area contributed by atoms with Crippen molar-refractivity contribution in [1.82, 2.24) is 9.97 Å². The van der Waals surface area contributed by atoms with Crippen molar-refractivity contribution >= 4 is 0 Å². The summed E-state index contributed by atoms with van der Waals surface area (Å²) < 4.78 is 5.48. The molecule has 0 saturated heterocycles. The first kappa shape index (κ1) is 8.27. The number of hydrogen-bond acceptors (Lipinski definition) is 2. The molecule has 1 aromatic heterocycles. The Balaban J connectivity index is 2.35. The zero-order valence-corrected chi connectivity index (χ0v) is 7.22. The summed E-state index contributed by atoms with van der Waals surface area (Å²) in [6.45, 7) is 6.62. The summed E-state index contributed by atoms with van der Waals surface area (Å²) in [5.74, 6) is 0.875. The van der Waals surface area contributed by atoms with Crippen molar-refractivity contribution in [2.24, 2.45) is 0 Å². The van der Waals surface area contributed by atoms with Crippen molar-refractivity contribution in [2.75, 3.05) is 0 Å². The first-order valence-corrected chi connectivity index (χ1v) is 3.70. The minimum atomic E-state index is -0.0905. The maximum absolute atomic E-state index is 5.48. The highest BCUT2D eigenvalue weighted by atomic mass is 16.5. The smallest absolute Gasteiger partial charge is 0.132 e. The fourth-order valence-electron chi connectivity index (χ4n) is 0.662. The normalized spacial score (nSPS) is 11.9. The molecule has 0 saturated carbocycles. The Kier molecular flexibility index (Phi) is 2.29. The van der Waals surface area contributed by atoms with E-state index in [1.165, 1.54) is 0 Å². The zero-order valence-electron chi connectivity index (χ0n) is 7.22. The molecule has 0 fully saturated rings. The van der Waals surface area contributed by atoms with Gasteiger partial charge in [0.15, 0.2) is 0 Å². The average Bonchev–Trinajstić information content (AvgIpc) is 2.32. The molecule has 3 nitrogen and oxygen atoms in total. The molecule has 1 heterocycles. The van der Waals surface area contributed by atoms with Gasteiger partial charge < -0.3 is 9.72 Å². The second-order valence-corrected chi connectivity index (χ2v) is 3.44. The van der Waals surface area contributed by atoms with E-state index in [0.717, 1.165) is 5.82 Å². The van der Waals surface area contributed by atoms with Crippen molar-refractivity contribution < 1.29 is 4.74 Å². The van der Waals surface area contributed by atoms with Crippen molar-refractivity contribution in [3.05, 3.63) is 18.2 Å². The Labute approximate surface area is 66.8 Å². The van der Waals surface area contributed by atoms with Gasteiger partial charge in [0, 0.05) is 12.4 Å². The van der Waals surface area contributed by atoms with Crippen LogP contribution < -0.4 is 0 Å². The minimum Gasteiger partial charge on any atom is -0.368 e. The highest BCUT2D eigenvalue weighted by molar-refractivity contribution is 4.84. The van der Waals surface area contributed by atoms with Crippen LogP contribution in [-0.2, 0) is 11.3 Å². The number of aromatic amines is 1. The molecule has 0 atom stereocenters. The molecule has 1 N–H and O–H groups in total. The van der Waals surface area contributed by atoms with E-state index in [2.05, 4.69) is 9.97 Å². The van der Waals surface area contributed by atoms with Crippen LogP contribution in [0.3, 0.4) is 0 Å². The fraction of sp³-hybridized carbons (Fsp3) is 0.625. The van der Waals surface area contributed by atoms with E-state index >= 15 is 0 Å². The molecule has 0 aliphatic heterocycles. The van der Waals surface area contributed by atoms with Gasteiger partial charge in [0.2, 0.25) is 0 Å². The Morgan fingerprint density at radius 1 is 1.55 bits per heavy atom. The number of hydrogen-bond donors (Lipinski definition) is 1. The van der Waals surface area contributed by atoms with E-state index in [4.69, 9.17) is 4.74 Å². The number of H-pyrrole nitrogens is 1. The van der Waals surface area contributed by atoms with Gasteiger partial charge in [-0.25, -0.2) is 4.98 Å². The van der Waals surface area contributed by atoms with E-state index in [9.17, 15) is 0 Å². The lowest BCUT2D eigenvalue weighted by molar-refractivity contribution is -0.0178. The van der Waals surface area contributed by atoms with Crippen LogP contribution in [0.25, 0.3) is 0 Å². The number of aromatic nitrogens is 2. The van der Waals surface area contributed by atoms with Crippen LogP contribution >= 0.6 is 0 Å². The summed E-state index contributed by atoms with van der Waals surface area (Å²) in [6, 6.07) is 0. The predicted octanol–water partition coefficient (Wildman–Crippen LogP) is 1.72. The molecule has 0 unspecified atom stereocenters. The highest BCUT2D eigenvalue weighted by Gasteiger charge is 2.10. The lowest BCUT2D eigenvalue weighted by atomic mass is 10.2. The van der Waals surface area contributed by atoms with Crippen molar-refractivity contribution in [3.63, 3.8) is 0 Å². The summed E-state index contributed by atoms with van der Waals surface area (Å²) in [6.07, 6.45) is 3.52. The molecule has 0 aromatic carbocycles. The van der Waals surface area contributed by atoms with Crippen LogP contribution in [0.2, 0.25) is 0 Å². The van der Waals surface area contributed by atoms with Crippen LogP contribution in [0.1, 0.15) is 26.6 Å². The van der Waals surface area contributed by atoms with Gasteiger partial charge in [-0.3, -0.25) is 0 Å². The minimum absolute atomic E-state index is 0.0905. The Morgan fingerprint density at radius 3 is 2.73 bits per heavy atom. The Hall–Kier alpha value is -0.830. The predicted molar refractivity (Wildman–Crippen MR) is 43.1 cm³/mol. The van der Waals surface area contributed by atoms with Gasteiger partial charge in [0.25, 0.3) is 0 Å². The van der Waals surface area contributed by atoms with Crippen molar-refractivity contribution in [1.29, 1.82) is 0 Å². The van der Waals surface area contributed by atoms with E-state index in [1.54, 1.807) is 12.4 Å². The number of nitrogens with one attached hydrogen (secondary N) is 1. The fourth-order valence-corrected chi connectivity index (χ4v) is 0.662. The van der Waals surface area contributed by atoms with Gasteiger partial charge in [0.1, 0.15) is 12.4 Å². The van der Waals surface area contributed by atoms with Gasteiger partial charge in [0.05, 0.1) is 5.60 Å². The molecule has 0 spiro atoms. The lowest BCUT2D eigenvalue weighted by Gasteiger charge is -2.18. The highest BCUT2D eigenvalue weighted by Crippen LogP contribution is 2.08. The largest absolute Gasteiger partial charge is 0.368 e. The molecular weight excluding hydrogens is 140 g/mol. The van der Waals surface area contributed by atoms with Crippen LogP contribution in [0.4, 0.5) is 0 Å². The molecule has 0 amide bonds. The molecule has 0 bridgehead atoms. The summed E-state index contributed by atoms with van der Waals surface area (Å²) in [7, 11) is 0. The molecule has 1 aromatic rings. The third-order valence-electron chi connectivity index (χ3n) is 1.20. The molecular formula is C8H14N2O. The third-order valence-corrected chi connectivity index (χ3v) is 1.20. The van der Waals surface area contributed by atoms with Gasteiger partial charge in [-0.05, 0) is 20.8 Å². The molecule has 0 radical (unpaired) electrons. The Bertz CT molecular complexity index is 198. The van der Waals surface area contributed by atoms with E-state index in [-0.39, 0.29) is 5.60 Å². The van der Waals surface area contributed by atoms with E-state index in [0.29, 0.717) is 6.61 Å². The van der Waals surface area contributed by atoms with Crippen molar-refractivity contribution in [2.45, 2.75) is 33.0 Å². The van der Waals surface area contributed by atoms with E-state index < -0.39 is 0 Å². The van der Waals surface area contributed by atoms with Gasteiger partial charge in [-0.2, -0.15) is 0 Å². The second-order valence-electron chi connectivity index (χ2n) is 3.44. The summed E-state index contributed by atoms with van der Waals surface area (Å²) in [5.41, 5.74) is -0.0905. The number of nitrogens with zero attached hydrogens (tertiary/aromatic N) is 1. The van der Waals surface area contributed by atoms with Crippen LogP contribution in [-0.4, -0.2) is 15.6 Å². The monoisotopic (exact) mass is 154 g/mol. The molecule has 1 rings (SSSR count). The van der Waals surface area contributed by atoms with Crippen molar-refractivity contribution in [3.8, 4) is 0 Å². The van der Waals surface area contributed by atoms with Gasteiger partial charge in [-0.1, -0.05) is 0 Å². The summed E-state index contributed by atoms with van der Waals surface area (Å²) in [5, 5.41) is 0.